The summed E-state index contributed by atoms with van der Waals surface area (Å²) in [6.07, 6.45) is 9.94. The maximum Gasteiger partial charge on any atom is 0.203 e. The van der Waals surface area contributed by atoms with Gasteiger partial charge in [0.1, 0.15) is 5.01 Å². The van der Waals surface area contributed by atoms with Crippen molar-refractivity contribution in [3.8, 4) is 0 Å². The van der Waals surface area contributed by atoms with Gasteiger partial charge in [0.05, 0.1) is 0 Å². The number of nitrogens with two attached hydrogens (primary N) is 1. The molecule has 0 spiro atoms. The Hall–Kier alpha value is -0.640. The van der Waals surface area contributed by atoms with Crippen LogP contribution in [-0.2, 0) is 5.41 Å². The molecule has 4 bridgehead atoms. The highest BCUT2D eigenvalue weighted by Crippen LogP contribution is 2.58. The molecule has 0 saturated heterocycles. The molecule has 0 aliphatic heterocycles. The minimum Gasteiger partial charge on any atom is -0.374 e. The molecule has 4 atom stereocenters. The smallest absolute Gasteiger partial charge is 0.203 e. The molecule has 17 heavy (non-hydrogen) atoms. The lowest BCUT2D eigenvalue weighted by molar-refractivity contribution is 0.0976. The zero-order chi connectivity index (χ0) is 11.5. The van der Waals surface area contributed by atoms with Crippen molar-refractivity contribution in [2.45, 2.75) is 50.4 Å². The highest BCUT2D eigenvalue weighted by Gasteiger charge is 2.50. The number of hydrogen-bond donors (Lipinski definition) is 1. The van der Waals surface area contributed by atoms with Crippen LogP contribution < -0.4 is 5.73 Å². The van der Waals surface area contributed by atoms with Crippen LogP contribution in [0.5, 0.6) is 0 Å². The molecule has 0 aromatic carbocycles. The fourth-order valence-electron chi connectivity index (χ4n) is 4.90. The van der Waals surface area contributed by atoms with Crippen LogP contribution in [0.15, 0.2) is 0 Å². The number of fused-ring (bicyclic) bond motifs is 1. The van der Waals surface area contributed by atoms with Crippen LogP contribution >= 0.6 is 11.3 Å². The normalized spacial score (nSPS) is 43.9. The molecule has 92 valence electrons. The first kappa shape index (κ1) is 10.3. The van der Waals surface area contributed by atoms with Crippen molar-refractivity contribution in [2.24, 2.45) is 17.8 Å². The Labute approximate surface area is 106 Å². The highest BCUT2D eigenvalue weighted by molar-refractivity contribution is 7.15. The first-order valence-corrected chi connectivity index (χ1v) is 7.65. The molecule has 1 aromatic heterocycles. The number of aromatic nitrogens is 2. The van der Waals surface area contributed by atoms with E-state index in [-0.39, 0.29) is 0 Å². The summed E-state index contributed by atoms with van der Waals surface area (Å²) in [6.45, 7) is 0. The number of anilines is 1. The lowest BCUT2D eigenvalue weighted by atomic mass is 9.59. The van der Waals surface area contributed by atoms with E-state index < -0.39 is 0 Å². The third-order valence-corrected chi connectivity index (χ3v) is 6.25. The van der Waals surface area contributed by atoms with Crippen LogP contribution in [0.2, 0.25) is 0 Å². The average molecular weight is 249 g/mol. The van der Waals surface area contributed by atoms with Crippen molar-refractivity contribution in [2.75, 3.05) is 5.73 Å². The summed E-state index contributed by atoms with van der Waals surface area (Å²) in [5.74, 6) is 2.86. The number of hydrogen-bond acceptors (Lipinski definition) is 4. The van der Waals surface area contributed by atoms with Crippen LogP contribution in [0.4, 0.5) is 5.13 Å². The summed E-state index contributed by atoms with van der Waals surface area (Å²) in [4.78, 5) is 0. The third-order valence-electron chi connectivity index (χ3n) is 5.25. The van der Waals surface area contributed by atoms with Crippen molar-refractivity contribution in [3.63, 3.8) is 0 Å². The Morgan fingerprint density at radius 1 is 1.00 bits per heavy atom. The second-order valence-corrected chi connectivity index (χ2v) is 7.49. The van der Waals surface area contributed by atoms with Gasteiger partial charge in [-0.1, -0.05) is 24.2 Å². The van der Waals surface area contributed by atoms with Gasteiger partial charge in [0.25, 0.3) is 0 Å². The fourth-order valence-corrected chi connectivity index (χ4v) is 5.73. The van der Waals surface area contributed by atoms with Crippen LogP contribution in [0.1, 0.15) is 50.0 Å². The van der Waals surface area contributed by atoms with Crippen molar-refractivity contribution in [3.05, 3.63) is 5.01 Å². The molecule has 1 heterocycles. The molecular weight excluding hydrogens is 230 g/mol. The van der Waals surface area contributed by atoms with E-state index in [1.807, 2.05) is 0 Å². The predicted octanol–water partition coefficient (Wildman–Crippen LogP) is 2.98. The van der Waals surface area contributed by atoms with Crippen LogP contribution in [0.25, 0.3) is 0 Å². The summed E-state index contributed by atoms with van der Waals surface area (Å²) < 4.78 is 0. The average Bonchev–Trinajstić information content (AvgIpc) is 2.62. The predicted molar refractivity (Wildman–Crippen MR) is 68.8 cm³/mol. The van der Waals surface area contributed by atoms with Crippen LogP contribution in [0, 0.1) is 17.8 Å². The summed E-state index contributed by atoms with van der Waals surface area (Å²) in [5, 5.41) is 10.3. The molecule has 4 heteroatoms. The Bertz CT molecular complexity index is 426. The quantitative estimate of drug-likeness (QED) is 0.832. The molecule has 2 unspecified atom stereocenters. The first-order chi connectivity index (χ1) is 8.23. The highest BCUT2D eigenvalue weighted by atomic mass is 32.1. The summed E-state index contributed by atoms with van der Waals surface area (Å²) in [5.41, 5.74) is 6.14. The summed E-state index contributed by atoms with van der Waals surface area (Å²) in [6, 6.07) is 0. The standard InChI is InChI=1S/C13H19N3S/c14-12-16-15-11(17-12)13-5-8-1-2-9(6-13)4-10(3-8)7-13/h8-10H,1-7H2,(H2,14,16)/t8-,9+,10?,13?. The van der Waals surface area contributed by atoms with Crippen molar-refractivity contribution in [1.82, 2.24) is 10.2 Å². The molecule has 0 radical (unpaired) electrons. The van der Waals surface area contributed by atoms with Crippen molar-refractivity contribution in [1.29, 1.82) is 0 Å². The second-order valence-electron chi connectivity index (χ2n) is 6.48. The Morgan fingerprint density at radius 3 is 2.24 bits per heavy atom. The summed E-state index contributed by atoms with van der Waals surface area (Å²) in [7, 11) is 0. The van der Waals surface area contributed by atoms with Gasteiger partial charge in [0.15, 0.2) is 0 Å². The van der Waals surface area contributed by atoms with E-state index in [4.69, 9.17) is 5.73 Å². The van der Waals surface area contributed by atoms with E-state index in [0.29, 0.717) is 10.5 Å². The SMILES string of the molecule is Nc1nnc(C23CC4C[C@@H](CC[C@@H](C4)C2)C3)s1. The van der Waals surface area contributed by atoms with Crippen LogP contribution in [-0.4, -0.2) is 10.2 Å². The van der Waals surface area contributed by atoms with E-state index in [1.165, 1.54) is 50.0 Å². The van der Waals surface area contributed by atoms with E-state index in [9.17, 15) is 0 Å². The largest absolute Gasteiger partial charge is 0.374 e. The molecule has 5 rings (SSSR count). The third kappa shape index (κ3) is 1.53. The topological polar surface area (TPSA) is 51.8 Å². The second kappa shape index (κ2) is 3.44. The van der Waals surface area contributed by atoms with Gasteiger partial charge in [-0.05, 0) is 49.9 Å². The molecular formula is C13H19N3S. The molecule has 2 N–H and O–H groups in total. The fraction of sp³-hybridized carbons (Fsp3) is 0.846. The van der Waals surface area contributed by atoms with E-state index in [0.717, 1.165) is 17.8 Å². The van der Waals surface area contributed by atoms with Gasteiger partial charge in [0.2, 0.25) is 5.13 Å². The maximum atomic E-state index is 5.78. The zero-order valence-corrected chi connectivity index (χ0v) is 10.9. The molecule has 3 nitrogen and oxygen atoms in total. The Kier molecular flexibility index (Phi) is 2.08. The van der Waals surface area contributed by atoms with Gasteiger partial charge in [-0.3, -0.25) is 0 Å². The lowest BCUT2D eigenvalue weighted by Crippen LogP contribution is -2.40. The number of rotatable bonds is 1. The van der Waals surface area contributed by atoms with Crippen LogP contribution in [0.3, 0.4) is 0 Å². The molecule has 0 amide bonds. The molecule has 4 saturated carbocycles. The maximum absolute atomic E-state index is 5.78. The Morgan fingerprint density at radius 2 is 1.65 bits per heavy atom. The van der Waals surface area contributed by atoms with Gasteiger partial charge < -0.3 is 5.73 Å². The van der Waals surface area contributed by atoms with E-state index >= 15 is 0 Å². The molecule has 4 aliphatic rings. The minimum atomic E-state index is 0.363. The molecule has 4 fully saturated rings. The zero-order valence-electron chi connectivity index (χ0n) is 10.1. The number of nitrogen functional groups attached to an aromatic ring is 1. The molecule has 4 aliphatic carbocycles. The van der Waals surface area contributed by atoms with E-state index in [1.54, 1.807) is 11.3 Å². The van der Waals surface area contributed by atoms with Gasteiger partial charge in [0, 0.05) is 5.41 Å². The van der Waals surface area contributed by atoms with Gasteiger partial charge in [-0.15, -0.1) is 10.2 Å². The van der Waals surface area contributed by atoms with Gasteiger partial charge in [-0.25, -0.2) is 0 Å². The van der Waals surface area contributed by atoms with Crippen molar-refractivity contribution >= 4 is 16.5 Å². The number of nitrogens with zero attached hydrogens (tertiary/aromatic N) is 2. The monoisotopic (exact) mass is 249 g/mol. The first-order valence-electron chi connectivity index (χ1n) is 6.83. The van der Waals surface area contributed by atoms with Gasteiger partial charge >= 0.3 is 0 Å². The van der Waals surface area contributed by atoms with Gasteiger partial charge in [-0.2, -0.15) is 0 Å². The summed E-state index contributed by atoms with van der Waals surface area (Å²) >= 11 is 1.64. The molecule has 1 aromatic rings. The Balaban J connectivity index is 1.77. The van der Waals surface area contributed by atoms with Crippen molar-refractivity contribution < 1.29 is 0 Å². The lowest BCUT2D eigenvalue weighted by Gasteiger charge is -2.46. The van der Waals surface area contributed by atoms with E-state index in [2.05, 4.69) is 10.2 Å². The minimum absolute atomic E-state index is 0.363.